The molecule has 24 heavy (non-hydrogen) atoms. The molecule has 1 saturated heterocycles. The van der Waals surface area contributed by atoms with E-state index in [2.05, 4.69) is 26.9 Å². The smallest absolute Gasteiger partial charge is 0.306 e. The monoisotopic (exact) mass is 350 g/mol. The number of hydrogen-bond donors (Lipinski definition) is 0. The van der Waals surface area contributed by atoms with Gasteiger partial charge >= 0.3 is 5.97 Å². The van der Waals surface area contributed by atoms with Gasteiger partial charge in [-0.3, -0.25) is 14.6 Å². The largest absolute Gasteiger partial charge is 0.469 e. The van der Waals surface area contributed by atoms with Gasteiger partial charge in [-0.05, 0) is 18.4 Å². The molecule has 0 aromatic carbocycles. The second-order valence-electron chi connectivity index (χ2n) is 5.94. The van der Waals surface area contributed by atoms with E-state index >= 15 is 0 Å². The van der Waals surface area contributed by atoms with E-state index in [1.54, 1.807) is 11.3 Å². The minimum atomic E-state index is -0.156. The fourth-order valence-electron chi connectivity index (χ4n) is 2.86. The first kappa shape index (κ1) is 17.1. The van der Waals surface area contributed by atoms with E-state index in [0.29, 0.717) is 30.7 Å². The quantitative estimate of drug-likeness (QED) is 0.737. The Kier molecular flexibility index (Phi) is 5.60. The van der Waals surface area contributed by atoms with Gasteiger partial charge in [-0.25, -0.2) is 0 Å². The molecule has 3 rings (SSSR count). The lowest BCUT2D eigenvalue weighted by atomic mass is 10.2. The molecule has 0 N–H and O–H groups in total. The van der Waals surface area contributed by atoms with E-state index in [4.69, 9.17) is 9.26 Å². The minimum absolute atomic E-state index is 0.156. The first-order valence-electron chi connectivity index (χ1n) is 8.05. The molecule has 7 nitrogen and oxygen atoms in total. The van der Waals surface area contributed by atoms with E-state index in [1.165, 1.54) is 7.11 Å². The van der Waals surface area contributed by atoms with Crippen LogP contribution in [0.25, 0.3) is 10.7 Å². The van der Waals surface area contributed by atoms with Crippen molar-refractivity contribution in [2.45, 2.75) is 25.9 Å². The summed E-state index contributed by atoms with van der Waals surface area (Å²) in [5.74, 6) is 1.15. The fourth-order valence-corrected chi connectivity index (χ4v) is 3.51. The van der Waals surface area contributed by atoms with Crippen LogP contribution in [0.15, 0.2) is 22.0 Å². The van der Waals surface area contributed by atoms with Crippen LogP contribution in [0.3, 0.4) is 0 Å². The Morgan fingerprint density at radius 3 is 3.08 bits per heavy atom. The number of thiophene rings is 1. The van der Waals surface area contributed by atoms with Crippen LogP contribution in [0, 0.1) is 0 Å². The van der Waals surface area contributed by atoms with Gasteiger partial charge in [0.1, 0.15) is 0 Å². The van der Waals surface area contributed by atoms with Crippen molar-refractivity contribution in [2.24, 2.45) is 0 Å². The molecule has 1 atom stereocenters. The maximum atomic E-state index is 11.3. The number of methoxy groups -OCH3 is 1. The van der Waals surface area contributed by atoms with Crippen LogP contribution < -0.4 is 0 Å². The summed E-state index contributed by atoms with van der Waals surface area (Å²) in [5, 5.41) is 6.06. The molecule has 130 valence electrons. The summed E-state index contributed by atoms with van der Waals surface area (Å²) in [6.45, 7) is 6.34. The predicted molar refractivity (Wildman–Crippen MR) is 90.6 cm³/mol. The van der Waals surface area contributed by atoms with Crippen molar-refractivity contribution in [3.63, 3.8) is 0 Å². The Hall–Kier alpha value is -1.77. The topological polar surface area (TPSA) is 71.7 Å². The maximum Gasteiger partial charge on any atom is 0.306 e. The van der Waals surface area contributed by atoms with Gasteiger partial charge in [-0.15, -0.1) is 11.3 Å². The van der Waals surface area contributed by atoms with E-state index in [0.717, 1.165) is 31.1 Å². The highest BCUT2D eigenvalue weighted by molar-refractivity contribution is 7.13. The van der Waals surface area contributed by atoms with Gasteiger partial charge < -0.3 is 9.26 Å². The summed E-state index contributed by atoms with van der Waals surface area (Å²) in [5.41, 5.74) is 0. The summed E-state index contributed by atoms with van der Waals surface area (Å²) in [6, 6.07) is 4.33. The molecule has 0 bridgehead atoms. The Bertz CT molecular complexity index is 658. The molecular weight excluding hydrogens is 328 g/mol. The molecular formula is C16H22N4O3S. The number of hydrogen-bond acceptors (Lipinski definition) is 8. The zero-order chi connectivity index (χ0) is 16.9. The molecule has 0 amide bonds. The van der Waals surface area contributed by atoms with E-state index in [1.807, 2.05) is 17.5 Å². The first-order valence-corrected chi connectivity index (χ1v) is 8.93. The third-order valence-electron chi connectivity index (χ3n) is 4.26. The van der Waals surface area contributed by atoms with Gasteiger partial charge in [-0.2, -0.15) is 4.98 Å². The van der Waals surface area contributed by atoms with Gasteiger partial charge in [0, 0.05) is 32.2 Å². The number of carbonyl (C=O) groups excluding carboxylic acids is 1. The van der Waals surface area contributed by atoms with Crippen molar-refractivity contribution in [1.29, 1.82) is 0 Å². The van der Waals surface area contributed by atoms with Gasteiger partial charge in [0.05, 0.1) is 25.0 Å². The molecule has 0 radical (unpaired) electrons. The minimum Gasteiger partial charge on any atom is -0.469 e. The number of carbonyl (C=O) groups is 1. The highest BCUT2D eigenvalue weighted by Crippen LogP contribution is 2.22. The fraction of sp³-hybridized carbons (Fsp3) is 0.562. The maximum absolute atomic E-state index is 11.3. The van der Waals surface area contributed by atoms with Crippen LogP contribution in [-0.2, 0) is 16.1 Å². The molecule has 8 heteroatoms. The number of nitrogens with zero attached hydrogens (tertiary/aromatic N) is 4. The van der Waals surface area contributed by atoms with Crippen LogP contribution in [-0.4, -0.2) is 65.2 Å². The molecule has 0 aliphatic carbocycles. The van der Waals surface area contributed by atoms with Gasteiger partial charge in [-0.1, -0.05) is 11.2 Å². The lowest BCUT2D eigenvalue weighted by molar-refractivity contribution is -0.141. The predicted octanol–water partition coefficient (Wildman–Crippen LogP) is 1.87. The zero-order valence-corrected chi connectivity index (χ0v) is 14.8. The second kappa shape index (κ2) is 7.87. The lowest BCUT2D eigenvalue weighted by Gasteiger charge is -2.39. The molecule has 1 fully saturated rings. The number of ether oxygens (including phenoxy) is 1. The van der Waals surface area contributed by atoms with E-state index in [9.17, 15) is 4.79 Å². The summed E-state index contributed by atoms with van der Waals surface area (Å²) >= 11 is 1.60. The average Bonchev–Trinajstić information content (AvgIpc) is 3.26. The lowest BCUT2D eigenvalue weighted by Crippen LogP contribution is -2.51. The third kappa shape index (κ3) is 4.19. The summed E-state index contributed by atoms with van der Waals surface area (Å²) in [4.78, 5) is 21.4. The second-order valence-corrected chi connectivity index (χ2v) is 6.88. The molecule has 0 spiro atoms. The van der Waals surface area contributed by atoms with Gasteiger partial charge in [0.25, 0.3) is 0 Å². The molecule has 2 aromatic heterocycles. The normalized spacial score (nSPS) is 19.5. The molecule has 0 saturated carbocycles. The zero-order valence-electron chi connectivity index (χ0n) is 14.0. The Balaban J connectivity index is 1.51. The van der Waals surface area contributed by atoms with Crippen LogP contribution in [0.4, 0.5) is 0 Å². The van der Waals surface area contributed by atoms with Gasteiger partial charge in [0.2, 0.25) is 11.7 Å². The summed E-state index contributed by atoms with van der Waals surface area (Å²) < 4.78 is 10.1. The number of piperazine rings is 1. The summed E-state index contributed by atoms with van der Waals surface area (Å²) in [6.07, 6.45) is 0.442. The highest BCUT2D eigenvalue weighted by Gasteiger charge is 2.25. The molecule has 0 unspecified atom stereocenters. The van der Waals surface area contributed by atoms with Crippen LogP contribution in [0.5, 0.6) is 0 Å². The van der Waals surface area contributed by atoms with Crippen molar-refractivity contribution in [1.82, 2.24) is 19.9 Å². The Morgan fingerprint density at radius 2 is 2.38 bits per heavy atom. The van der Waals surface area contributed by atoms with Crippen molar-refractivity contribution in [2.75, 3.05) is 33.3 Å². The molecule has 1 aliphatic heterocycles. The average molecular weight is 350 g/mol. The Morgan fingerprint density at radius 1 is 1.50 bits per heavy atom. The standard InChI is InChI=1S/C16H22N4O3S/c1-12-10-19(6-5-15(21)22-2)7-8-20(12)11-14-17-16(18-23-14)13-4-3-9-24-13/h3-4,9,12H,5-8,10-11H2,1-2H3/t12-/m0/s1. The summed E-state index contributed by atoms with van der Waals surface area (Å²) in [7, 11) is 1.43. The first-order chi connectivity index (χ1) is 11.7. The molecule has 3 heterocycles. The van der Waals surface area contributed by atoms with Crippen molar-refractivity contribution >= 4 is 17.3 Å². The van der Waals surface area contributed by atoms with Crippen LogP contribution >= 0.6 is 11.3 Å². The molecule has 2 aromatic rings. The number of rotatable bonds is 6. The third-order valence-corrected chi connectivity index (χ3v) is 5.12. The number of aromatic nitrogens is 2. The van der Waals surface area contributed by atoms with E-state index < -0.39 is 0 Å². The van der Waals surface area contributed by atoms with Crippen LogP contribution in [0.1, 0.15) is 19.2 Å². The van der Waals surface area contributed by atoms with E-state index in [-0.39, 0.29) is 5.97 Å². The van der Waals surface area contributed by atoms with Crippen molar-refractivity contribution < 1.29 is 14.1 Å². The van der Waals surface area contributed by atoms with Crippen LogP contribution in [0.2, 0.25) is 0 Å². The number of esters is 1. The van der Waals surface area contributed by atoms with Crippen molar-refractivity contribution in [3.05, 3.63) is 23.4 Å². The van der Waals surface area contributed by atoms with Crippen molar-refractivity contribution in [3.8, 4) is 10.7 Å². The van der Waals surface area contributed by atoms with Gasteiger partial charge in [0.15, 0.2) is 0 Å². The molecule has 1 aliphatic rings. The Labute approximate surface area is 145 Å². The SMILES string of the molecule is COC(=O)CCN1CCN(Cc2nc(-c3cccs3)no2)[C@@H](C)C1. The highest BCUT2D eigenvalue weighted by atomic mass is 32.1.